The number of aromatic hydroxyl groups is 1. The zero-order chi connectivity index (χ0) is 13.3. The molecule has 2 rings (SSSR count). The fourth-order valence-corrected chi connectivity index (χ4v) is 1.99. The molecule has 0 saturated heterocycles. The number of carbonyl (C=O) groups is 1. The lowest BCUT2D eigenvalue weighted by atomic mass is 9.97. The Hall–Kier alpha value is -2.03. The van der Waals surface area contributed by atoms with Crippen LogP contribution in [0.4, 0.5) is 0 Å². The van der Waals surface area contributed by atoms with Crippen molar-refractivity contribution in [3.8, 4) is 5.75 Å². The van der Waals surface area contributed by atoms with Crippen molar-refractivity contribution in [2.24, 2.45) is 0 Å². The van der Waals surface area contributed by atoms with Crippen molar-refractivity contribution in [3.63, 3.8) is 0 Å². The number of phenols is 1. The van der Waals surface area contributed by atoms with Gasteiger partial charge in [0.05, 0.1) is 0 Å². The van der Waals surface area contributed by atoms with Gasteiger partial charge in [-0.25, -0.2) is 0 Å². The molecule has 0 unspecified atom stereocenters. The van der Waals surface area contributed by atoms with Crippen molar-refractivity contribution < 1.29 is 9.90 Å². The van der Waals surface area contributed by atoms with E-state index in [2.05, 4.69) is 19.2 Å². The molecule has 2 aromatic carbocycles. The Morgan fingerprint density at radius 3 is 2.56 bits per heavy atom. The zero-order valence-corrected chi connectivity index (χ0v) is 10.8. The average molecular weight is 243 g/mol. The van der Waals surface area contributed by atoms with Gasteiger partial charge in [-0.3, -0.25) is 4.79 Å². The number of amides is 1. The normalized spacial score (nSPS) is 10.9. The highest BCUT2D eigenvalue weighted by Crippen LogP contribution is 2.29. The topological polar surface area (TPSA) is 49.3 Å². The Kier molecular flexibility index (Phi) is 3.24. The molecule has 0 heterocycles. The first-order valence-electron chi connectivity index (χ1n) is 6.01. The standard InChI is InChI=1S/C15H17NO2/c1-9(2)10-4-5-11-6-12(15(18)16-3)8-14(17)13(11)7-10/h4-9,17H,1-3H3,(H,16,18). The molecule has 0 aromatic heterocycles. The van der Waals surface area contributed by atoms with E-state index in [1.165, 1.54) is 11.6 Å². The number of hydrogen-bond donors (Lipinski definition) is 2. The number of phenolic OH excluding ortho intramolecular Hbond substituents is 1. The van der Waals surface area contributed by atoms with Crippen molar-refractivity contribution in [1.82, 2.24) is 5.32 Å². The molecular weight excluding hydrogens is 226 g/mol. The van der Waals surface area contributed by atoms with Crippen LogP contribution in [-0.4, -0.2) is 18.1 Å². The average Bonchev–Trinajstić information content (AvgIpc) is 2.37. The van der Waals surface area contributed by atoms with E-state index in [-0.39, 0.29) is 11.7 Å². The third kappa shape index (κ3) is 2.16. The van der Waals surface area contributed by atoms with E-state index in [1.807, 2.05) is 18.2 Å². The molecule has 0 aliphatic heterocycles. The summed E-state index contributed by atoms with van der Waals surface area (Å²) in [5.41, 5.74) is 1.64. The van der Waals surface area contributed by atoms with Crippen molar-refractivity contribution >= 4 is 16.7 Å². The highest BCUT2D eigenvalue weighted by atomic mass is 16.3. The molecule has 0 saturated carbocycles. The highest BCUT2D eigenvalue weighted by molar-refractivity contribution is 6.00. The summed E-state index contributed by atoms with van der Waals surface area (Å²) in [6.07, 6.45) is 0. The molecule has 3 nitrogen and oxygen atoms in total. The van der Waals surface area contributed by atoms with E-state index in [9.17, 15) is 9.90 Å². The summed E-state index contributed by atoms with van der Waals surface area (Å²) < 4.78 is 0. The van der Waals surface area contributed by atoms with Crippen LogP contribution < -0.4 is 5.32 Å². The summed E-state index contributed by atoms with van der Waals surface area (Å²) in [5, 5.41) is 14.2. The second kappa shape index (κ2) is 4.69. The SMILES string of the molecule is CNC(=O)c1cc(O)c2cc(C(C)C)ccc2c1. The van der Waals surface area contributed by atoms with Crippen LogP contribution in [0.5, 0.6) is 5.75 Å². The molecule has 2 aromatic rings. The molecular formula is C15H17NO2. The van der Waals surface area contributed by atoms with Crippen molar-refractivity contribution in [2.75, 3.05) is 7.05 Å². The van der Waals surface area contributed by atoms with E-state index in [4.69, 9.17) is 0 Å². The van der Waals surface area contributed by atoms with Gasteiger partial charge < -0.3 is 10.4 Å². The molecule has 0 bridgehead atoms. The van der Waals surface area contributed by atoms with Crippen molar-refractivity contribution in [3.05, 3.63) is 41.5 Å². The summed E-state index contributed by atoms with van der Waals surface area (Å²) in [6, 6.07) is 9.24. The minimum Gasteiger partial charge on any atom is -0.507 e. The molecule has 0 aliphatic carbocycles. The van der Waals surface area contributed by atoms with Crippen LogP contribution in [0.2, 0.25) is 0 Å². The number of carbonyl (C=O) groups excluding carboxylic acids is 1. The van der Waals surface area contributed by atoms with Crippen LogP contribution >= 0.6 is 0 Å². The molecule has 0 aliphatic rings. The summed E-state index contributed by atoms with van der Waals surface area (Å²) in [4.78, 5) is 11.6. The highest BCUT2D eigenvalue weighted by Gasteiger charge is 2.09. The van der Waals surface area contributed by atoms with E-state index in [1.54, 1.807) is 13.1 Å². The lowest BCUT2D eigenvalue weighted by molar-refractivity contribution is 0.0963. The fraction of sp³-hybridized carbons (Fsp3) is 0.267. The molecule has 0 spiro atoms. The van der Waals surface area contributed by atoms with Gasteiger partial charge in [-0.05, 0) is 35.1 Å². The van der Waals surface area contributed by atoms with Gasteiger partial charge in [-0.15, -0.1) is 0 Å². The van der Waals surface area contributed by atoms with E-state index < -0.39 is 0 Å². The summed E-state index contributed by atoms with van der Waals surface area (Å²) >= 11 is 0. The Bertz CT molecular complexity index is 603. The largest absolute Gasteiger partial charge is 0.507 e. The molecule has 0 atom stereocenters. The maximum absolute atomic E-state index is 11.6. The number of rotatable bonds is 2. The lowest BCUT2D eigenvalue weighted by Crippen LogP contribution is -2.17. The van der Waals surface area contributed by atoms with Gasteiger partial charge in [0.25, 0.3) is 5.91 Å². The van der Waals surface area contributed by atoms with Gasteiger partial charge in [0.15, 0.2) is 0 Å². The Labute approximate surface area is 106 Å². The van der Waals surface area contributed by atoms with Gasteiger partial charge >= 0.3 is 0 Å². The first kappa shape index (κ1) is 12.4. The van der Waals surface area contributed by atoms with Gasteiger partial charge in [0, 0.05) is 18.0 Å². The van der Waals surface area contributed by atoms with Gasteiger partial charge in [-0.2, -0.15) is 0 Å². The number of benzene rings is 2. The van der Waals surface area contributed by atoms with E-state index >= 15 is 0 Å². The van der Waals surface area contributed by atoms with Crippen LogP contribution in [0.1, 0.15) is 35.7 Å². The third-order valence-electron chi connectivity index (χ3n) is 3.11. The smallest absolute Gasteiger partial charge is 0.251 e. The summed E-state index contributed by atoms with van der Waals surface area (Å²) in [6.45, 7) is 4.22. The van der Waals surface area contributed by atoms with Gasteiger partial charge in [0.2, 0.25) is 0 Å². The molecule has 2 N–H and O–H groups in total. The summed E-state index contributed by atoms with van der Waals surface area (Å²) in [7, 11) is 1.57. The first-order valence-corrected chi connectivity index (χ1v) is 6.01. The van der Waals surface area contributed by atoms with Gasteiger partial charge in [0.1, 0.15) is 5.75 Å². The summed E-state index contributed by atoms with van der Waals surface area (Å²) in [5.74, 6) is 0.362. The Balaban J connectivity index is 2.62. The quantitative estimate of drug-likeness (QED) is 0.851. The Morgan fingerprint density at radius 2 is 1.94 bits per heavy atom. The van der Waals surface area contributed by atoms with E-state index in [0.717, 1.165) is 10.8 Å². The van der Waals surface area contributed by atoms with Crippen molar-refractivity contribution in [2.45, 2.75) is 19.8 Å². The third-order valence-corrected chi connectivity index (χ3v) is 3.11. The monoisotopic (exact) mass is 243 g/mol. The van der Waals surface area contributed by atoms with Crippen LogP contribution in [0.3, 0.4) is 0 Å². The van der Waals surface area contributed by atoms with Crippen LogP contribution in [0, 0.1) is 0 Å². The van der Waals surface area contributed by atoms with Crippen molar-refractivity contribution in [1.29, 1.82) is 0 Å². The maximum Gasteiger partial charge on any atom is 0.251 e. The lowest BCUT2D eigenvalue weighted by Gasteiger charge is -2.09. The number of nitrogens with one attached hydrogen (secondary N) is 1. The first-order chi connectivity index (χ1) is 8.52. The molecule has 3 heteroatoms. The predicted molar refractivity (Wildman–Crippen MR) is 73.1 cm³/mol. The minimum absolute atomic E-state index is 0.147. The van der Waals surface area contributed by atoms with Crippen LogP contribution in [0.15, 0.2) is 30.3 Å². The second-order valence-corrected chi connectivity index (χ2v) is 4.71. The predicted octanol–water partition coefficient (Wildman–Crippen LogP) is 3.03. The second-order valence-electron chi connectivity index (χ2n) is 4.71. The molecule has 0 radical (unpaired) electrons. The maximum atomic E-state index is 11.6. The van der Waals surface area contributed by atoms with Crippen LogP contribution in [-0.2, 0) is 0 Å². The number of hydrogen-bond acceptors (Lipinski definition) is 2. The number of fused-ring (bicyclic) bond motifs is 1. The molecule has 1 amide bonds. The molecule has 18 heavy (non-hydrogen) atoms. The molecule has 94 valence electrons. The fourth-order valence-electron chi connectivity index (χ4n) is 1.99. The Morgan fingerprint density at radius 1 is 1.22 bits per heavy atom. The van der Waals surface area contributed by atoms with Crippen LogP contribution in [0.25, 0.3) is 10.8 Å². The zero-order valence-electron chi connectivity index (χ0n) is 10.8. The minimum atomic E-state index is -0.194. The van der Waals surface area contributed by atoms with E-state index in [0.29, 0.717) is 11.5 Å². The molecule has 0 fully saturated rings. The van der Waals surface area contributed by atoms with Gasteiger partial charge in [-0.1, -0.05) is 26.0 Å².